The lowest BCUT2D eigenvalue weighted by Crippen LogP contribution is -2.15. The van der Waals surface area contributed by atoms with Crippen LogP contribution in [0.3, 0.4) is 0 Å². The average Bonchev–Trinajstić information content (AvgIpc) is 1.94. The highest BCUT2D eigenvalue weighted by Gasteiger charge is 2.08. The molecule has 0 aromatic carbocycles. The fourth-order valence-corrected chi connectivity index (χ4v) is 0.713. The summed E-state index contributed by atoms with van der Waals surface area (Å²) in [4.78, 5) is 14.1. The van der Waals surface area contributed by atoms with Crippen LogP contribution < -0.4 is 5.73 Å². The van der Waals surface area contributed by atoms with Crippen molar-refractivity contribution in [3.8, 4) is 0 Å². The quantitative estimate of drug-likeness (QED) is 0.644. The molecule has 0 aliphatic heterocycles. The van der Waals surface area contributed by atoms with Gasteiger partial charge in [0.05, 0.1) is 0 Å². The molecule has 58 valence electrons. The fourth-order valence-electron chi connectivity index (χ4n) is 0.713. The third-order valence-electron chi connectivity index (χ3n) is 1.22. The summed E-state index contributed by atoms with van der Waals surface area (Å²) in [5, 5.41) is 0. The van der Waals surface area contributed by atoms with Gasteiger partial charge in [-0.1, -0.05) is 0 Å². The number of nitrogens with zero attached hydrogens (tertiary/aromatic N) is 1. The molecule has 0 unspecified atom stereocenters. The van der Waals surface area contributed by atoms with Crippen LogP contribution in [0.2, 0.25) is 0 Å². The number of hydrogen-bond donors (Lipinski definition) is 1. The smallest absolute Gasteiger partial charge is 0.270 e. The van der Waals surface area contributed by atoms with Crippen molar-refractivity contribution in [2.24, 2.45) is 5.73 Å². The third kappa shape index (κ3) is 1.52. The number of amides is 1. The Balaban J connectivity index is 3.23. The molecular weight excluding hydrogens is 147 g/mol. The average molecular weight is 154 g/mol. The topological polar surface area (TPSA) is 56.0 Å². The first kappa shape index (κ1) is 7.65. The van der Waals surface area contributed by atoms with E-state index in [0.29, 0.717) is 5.69 Å². The number of aryl methyl sites for hydroxylation is 1. The number of pyridine rings is 1. The highest BCUT2D eigenvalue weighted by Crippen LogP contribution is 2.03. The number of carbonyl (C=O) groups excluding carboxylic acids is 1. The predicted octanol–water partition coefficient (Wildman–Crippen LogP) is 0.628. The third-order valence-corrected chi connectivity index (χ3v) is 1.22. The number of nitrogens with two attached hydrogens (primary N) is 1. The molecule has 1 amide bonds. The molecule has 1 aromatic rings. The molecule has 1 rings (SSSR count). The van der Waals surface area contributed by atoms with Gasteiger partial charge in [0.25, 0.3) is 5.91 Å². The second kappa shape index (κ2) is 2.65. The molecule has 0 aliphatic carbocycles. The molecule has 0 fully saturated rings. The number of aromatic nitrogens is 1. The maximum Gasteiger partial charge on any atom is 0.270 e. The van der Waals surface area contributed by atoms with Crippen molar-refractivity contribution >= 4 is 5.91 Å². The van der Waals surface area contributed by atoms with E-state index in [1.165, 1.54) is 12.1 Å². The summed E-state index contributed by atoms with van der Waals surface area (Å²) >= 11 is 0. The highest BCUT2D eigenvalue weighted by molar-refractivity contribution is 5.90. The summed E-state index contributed by atoms with van der Waals surface area (Å²) in [6, 6.07) is 2.64. The highest BCUT2D eigenvalue weighted by atomic mass is 19.1. The SMILES string of the molecule is Cc1ccc(F)c(C(N)=O)n1. The Morgan fingerprint density at radius 3 is 2.73 bits per heavy atom. The van der Waals surface area contributed by atoms with Crippen LogP contribution >= 0.6 is 0 Å². The molecule has 0 saturated heterocycles. The Hall–Kier alpha value is -1.45. The Bertz CT molecular complexity index is 298. The van der Waals surface area contributed by atoms with Gasteiger partial charge in [-0.2, -0.15) is 0 Å². The van der Waals surface area contributed by atoms with Gasteiger partial charge in [-0.3, -0.25) is 4.79 Å². The van der Waals surface area contributed by atoms with E-state index >= 15 is 0 Å². The van der Waals surface area contributed by atoms with Gasteiger partial charge in [-0.05, 0) is 19.1 Å². The van der Waals surface area contributed by atoms with Crippen LogP contribution in [0.15, 0.2) is 12.1 Å². The normalized spacial score (nSPS) is 9.64. The van der Waals surface area contributed by atoms with Gasteiger partial charge < -0.3 is 5.73 Å². The summed E-state index contributed by atoms with van der Waals surface area (Å²) < 4.78 is 12.7. The molecule has 1 heterocycles. The van der Waals surface area contributed by atoms with Crippen molar-refractivity contribution in [3.05, 3.63) is 29.3 Å². The van der Waals surface area contributed by atoms with E-state index in [1.807, 2.05) is 0 Å². The minimum Gasteiger partial charge on any atom is -0.364 e. The molecular formula is C7H7FN2O. The van der Waals surface area contributed by atoms with E-state index in [1.54, 1.807) is 6.92 Å². The molecule has 0 saturated carbocycles. The van der Waals surface area contributed by atoms with Crippen LogP contribution in [0.4, 0.5) is 4.39 Å². The van der Waals surface area contributed by atoms with Gasteiger partial charge in [0.15, 0.2) is 11.5 Å². The summed E-state index contributed by atoms with van der Waals surface area (Å²) in [6.45, 7) is 1.66. The zero-order chi connectivity index (χ0) is 8.43. The number of carbonyl (C=O) groups is 1. The lowest BCUT2D eigenvalue weighted by atomic mass is 10.3. The Labute approximate surface area is 63.0 Å². The fraction of sp³-hybridized carbons (Fsp3) is 0.143. The Morgan fingerprint density at radius 2 is 2.27 bits per heavy atom. The summed E-state index contributed by atoms with van der Waals surface area (Å²) in [5.74, 6) is -1.52. The lowest BCUT2D eigenvalue weighted by Gasteiger charge is -1.97. The van der Waals surface area contributed by atoms with Crippen molar-refractivity contribution < 1.29 is 9.18 Å². The maximum absolute atomic E-state index is 12.7. The summed E-state index contributed by atoms with van der Waals surface area (Å²) in [5.41, 5.74) is 5.11. The Morgan fingerprint density at radius 1 is 1.64 bits per heavy atom. The standard InChI is InChI=1S/C7H7FN2O/c1-4-2-3-5(8)6(10-4)7(9)11/h2-3H,1H3,(H2,9,11). The minimum absolute atomic E-state index is 0.301. The number of rotatable bonds is 1. The summed E-state index contributed by atoms with van der Waals surface area (Å²) in [6.07, 6.45) is 0. The zero-order valence-electron chi connectivity index (χ0n) is 5.97. The number of primary amides is 1. The van der Waals surface area contributed by atoms with E-state index in [0.717, 1.165) is 0 Å². The van der Waals surface area contributed by atoms with Crippen molar-refractivity contribution in [1.29, 1.82) is 0 Å². The van der Waals surface area contributed by atoms with E-state index in [4.69, 9.17) is 5.73 Å². The molecule has 0 aliphatic rings. The van der Waals surface area contributed by atoms with E-state index < -0.39 is 11.7 Å². The molecule has 4 heteroatoms. The molecule has 0 spiro atoms. The van der Waals surface area contributed by atoms with Gasteiger partial charge in [-0.25, -0.2) is 9.37 Å². The lowest BCUT2D eigenvalue weighted by molar-refractivity contribution is 0.0991. The summed E-state index contributed by atoms with van der Waals surface area (Å²) in [7, 11) is 0. The van der Waals surface area contributed by atoms with Gasteiger partial charge in [0, 0.05) is 5.69 Å². The second-order valence-electron chi connectivity index (χ2n) is 2.15. The first-order valence-corrected chi connectivity index (χ1v) is 3.04. The van der Waals surface area contributed by atoms with E-state index in [2.05, 4.69) is 4.98 Å². The predicted molar refractivity (Wildman–Crippen MR) is 37.4 cm³/mol. The van der Waals surface area contributed by atoms with Crippen LogP contribution in [0.1, 0.15) is 16.2 Å². The van der Waals surface area contributed by atoms with E-state index in [9.17, 15) is 9.18 Å². The van der Waals surface area contributed by atoms with Crippen molar-refractivity contribution in [2.75, 3.05) is 0 Å². The van der Waals surface area contributed by atoms with Crippen LogP contribution in [0.25, 0.3) is 0 Å². The van der Waals surface area contributed by atoms with Gasteiger partial charge in [0.2, 0.25) is 0 Å². The molecule has 0 bridgehead atoms. The number of halogens is 1. The van der Waals surface area contributed by atoms with Crippen LogP contribution in [0.5, 0.6) is 0 Å². The molecule has 3 nitrogen and oxygen atoms in total. The molecule has 11 heavy (non-hydrogen) atoms. The zero-order valence-corrected chi connectivity index (χ0v) is 5.97. The van der Waals surface area contributed by atoms with E-state index in [-0.39, 0.29) is 5.69 Å². The van der Waals surface area contributed by atoms with Crippen LogP contribution in [0, 0.1) is 12.7 Å². The van der Waals surface area contributed by atoms with Crippen molar-refractivity contribution in [1.82, 2.24) is 4.98 Å². The van der Waals surface area contributed by atoms with Gasteiger partial charge >= 0.3 is 0 Å². The number of hydrogen-bond acceptors (Lipinski definition) is 2. The van der Waals surface area contributed by atoms with Crippen LogP contribution in [-0.4, -0.2) is 10.9 Å². The first-order valence-electron chi connectivity index (χ1n) is 3.04. The monoisotopic (exact) mass is 154 g/mol. The van der Waals surface area contributed by atoms with Gasteiger partial charge in [0.1, 0.15) is 0 Å². The van der Waals surface area contributed by atoms with Crippen molar-refractivity contribution in [2.45, 2.75) is 6.92 Å². The molecule has 0 atom stereocenters. The Kier molecular flexibility index (Phi) is 1.85. The van der Waals surface area contributed by atoms with Gasteiger partial charge in [-0.15, -0.1) is 0 Å². The van der Waals surface area contributed by atoms with Crippen molar-refractivity contribution in [3.63, 3.8) is 0 Å². The molecule has 1 aromatic heterocycles. The maximum atomic E-state index is 12.7. The van der Waals surface area contributed by atoms with Crippen LogP contribution in [-0.2, 0) is 0 Å². The minimum atomic E-state index is -0.841. The first-order chi connectivity index (χ1) is 5.11. The largest absolute Gasteiger partial charge is 0.364 e. The second-order valence-corrected chi connectivity index (χ2v) is 2.15. The molecule has 0 radical (unpaired) electrons. The molecule has 2 N–H and O–H groups in total.